The minimum absolute atomic E-state index is 0.00772. The fourth-order valence-electron chi connectivity index (χ4n) is 1.63. The molecule has 0 saturated carbocycles. The molecule has 0 bridgehead atoms. The van der Waals surface area contributed by atoms with Crippen molar-refractivity contribution in [3.8, 4) is 0 Å². The van der Waals surface area contributed by atoms with E-state index in [1.54, 1.807) is 0 Å². The Bertz CT molecular complexity index is 232. The first-order chi connectivity index (χ1) is 5.63. The SMILES string of the molecule is CC(C)P(C1=C=CC=C1)C(C)C. The van der Waals surface area contributed by atoms with Crippen molar-refractivity contribution >= 4 is 7.92 Å². The van der Waals surface area contributed by atoms with Crippen LogP contribution in [0.25, 0.3) is 0 Å². The molecule has 0 fully saturated rings. The first-order valence-corrected chi connectivity index (χ1v) is 6.02. The van der Waals surface area contributed by atoms with Crippen molar-refractivity contribution in [1.29, 1.82) is 0 Å². The predicted molar refractivity (Wildman–Crippen MR) is 57.9 cm³/mol. The zero-order valence-corrected chi connectivity index (χ0v) is 9.23. The molecule has 0 aromatic heterocycles. The summed E-state index contributed by atoms with van der Waals surface area (Å²) < 4.78 is 0. The molecular formula is C11H17P. The van der Waals surface area contributed by atoms with Crippen molar-refractivity contribution in [3.05, 3.63) is 29.3 Å². The van der Waals surface area contributed by atoms with E-state index in [2.05, 4.69) is 45.6 Å². The van der Waals surface area contributed by atoms with Gasteiger partial charge in [-0.25, -0.2) is 0 Å². The van der Waals surface area contributed by atoms with E-state index < -0.39 is 0 Å². The maximum Gasteiger partial charge on any atom is 0.0179 e. The van der Waals surface area contributed by atoms with Crippen LogP contribution in [-0.2, 0) is 0 Å². The largest absolute Gasteiger partial charge is 0.112 e. The lowest BCUT2D eigenvalue weighted by atomic mass is 10.5. The van der Waals surface area contributed by atoms with Crippen LogP contribution in [0.4, 0.5) is 0 Å². The molecule has 1 aliphatic carbocycles. The summed E-state index contributed by atoms with van der Waals surface area (Å²) >= 11 is 0. The normalized spacial score (nSPS) is 15.4. The summed E-state index contributed by atoms with van der Waals surface area (Å²) in [6.45, 7) is 9.25. The minimum atomic E-state index is 0.00772. The van der Waals surface area contributed by atoms with Crippen LogP contribution in [0.5, 0.6) is 0 Å². The van der Waals surface area contributed by atoms with Crippen LogP contribution in [-0.4, -0.2) is 11.3 Å². The van der Waals surface area contributed by atoms with Gasteiger partial charge in [0.25, 0.3) is 0 Å². The average Bonchev–Trinajstić information content (AvgIpc) is 2.37. The second-order valence-electron chi connectivity index (χ2n) is 3.65. The Balaban J connectivity index is 2.80. The highest BCUT2D eigenvalue weighted by molar-refractivity contribution is 7.63. The van der Waals surface area contributed by atoms with Gasteiger partial charge in [0.15, 0.2) is 0 Å². The Morgan fingerprint density at radius 3 is 2.08 bits per heavy atom. The zero-order chi connectivity index (χ0) is 9.14. The highest BCUT2D eigenvalue weighted by atomic mass is 31.1. The number of rotatable bonds is 3. The summed E-state index contributed by atoms with van der Waals surface area (Å²) in [6.07, 6.45) is 6.33. The lowest BCUT2D eigenvalue weighted by Crippen LogP contribution is -2.03. The van der Waals surface area contributed by atoms with E-state index in [0.29, 0.717) is 0 Å². The fraction of sp³-hybridized carbons (Fsp3) is 0.545. The Hall–Kier alpha value is -0.310. The second kappa shape index (κ2) is 4.08. The predicted octanol–water partition coefficient (Wildman–Crippen LogP) is 3.89. The molecule has 0 nitrogen and oxygen atoms in total. The lowest BCUT2D eigenvalue weighted by molar-refractivity contribution is 1.02. The van der Waals surface area contributed by atoms with Gasteiger partial charge in [0, 0.05) is 5.31 Å². The van der Waals surface area contributed by atoms with Gasteiger partial charge < -0.3 is 0 Å². The highest BCUT2D eigenvalue weighted by Gasteiger charge is 2.19. The molecule has 1 aliphatic rings. The van der Waals surface area contributed by atoms with Crippen molar-refractivity contribution in [3.63, 3.8) is 0 Å². The van der Waals surface area contributed by atoms with Crippen LogP contribution in [0.15, 0.2) is 29.3 Å². The fourth-order valence-corrected chi connectivity index (χ4v) is 4.42. The van der Waals surface area contributed by atoms with Gasteiger partial charge in [-0.15, -0.1) is 5.73 Å². The molecule has 12 heavy (non-hydrogen) atoms. The van der Waals surface area contributed by atoms with Gasteiger partial charge >= 0.3 is 0 Å². The van der Waals surface area contributed by atoms with E-state index in [0.717, 1.165) is 11.3 Å². The number of hydrogen-bond donors (Lipinski definition) is 0. The monoisotopic (exact) mass is 180 g/mol. The van der Waals surface area contributed by atoms with Crippen LogP contribution >= 0.6 is 7.92 Å². The molecule has 0 atom stereocenters. The maximum atomic E-state index is 3.33. The third kappa shape index (κ3) is 2.09. The molecule has 0 aromatic carbocycles. The van der Waals surface area contributed by atoms with Gasteiger partial charge in [0.1, 0.15) is 0 Å². The van der Waals surface area contributed by atoms with Crippen molar-refractivity contribution < 1.29 is 0 Å². The standard InChI is InChI=1S/C11H17P/c1-9(2)12(10(3)4)11-7-5-6-8-11/h5-7,9-10H,1-4H3. The van der Waals surface area contributed by atoms with Gasteiger partial charge in [-0.3, -0.25) is 0 Å². The molecule has 0 saturated heterocycles. The van der Waals surface area contributed by atoms with E-state index in [9.17, 15) is 0 Å². The Morgan fingerprint density at radius 1 is 1.17 bits per heavy atom. The molecular weight excluding hydrogens is 163 g/mol. The molecule has 0 N–H and O–H groups in total. The van der Waals surface area contributed by atoms with Crippen molar-refractivity contribution in [2.24, 2.45) is 0 Å². The first kappa shape index (κ1) is 9.78. The highest BCUT2D eigenvalue weighted by Crippen LogP contribution is 2.53. The van der Waals surface area contributed by atoms with Crippen molar-refractivity contribution in [2.75, 3.05) is 0 Å². The van der Waals surface area contributed by atoms with Crippen LogP contribution in [0.3, 0.4) is 0 Å². The minimum Gasteiger partial charge on any atom is -0.112 e. The zero-order valence-electron chi connectivity index (χ0n) is 8.33. The van der Waals surface area contributed by atoms with Gasteiger partial charge in [-0.2, -0.15) is 0 Å². The summed E-state index contributed by atoms with van der Waals surface area (Å²) in [5.74, 6) is 0. The third-order valence-electron chi connectivity index (χ3n) is 1.97. The van der Waals surface area contributed by atoms with Gasteiger partial charge in [0.05, 0.1) is 0 Å². The molecule has 66 valence electrons. The van der Waals surface area contributed by atoms with Gasteiger partial charge in [-0.05, 0) is 23.5 Å². The Kier molecular flexibility index (Phi) is 3.32. The van der Waals surface area contributed by atoms with Gasteiger partial charge in [0.2, 0.25) is 0 Å². The molecule has 0 unspecified atom stereocenters. The molecule has 0 amide bonds. The molecule has 0 radical (unpaired) electrons. The van der Waals surface area contributed by atoms with E-state index in [-0.39, 0.29) is 7.92 Å². The quantitative estimate of drug-likeness (QED) is 0.456. The smallest absolute Gasteiger partial charge is 0.0179 e. The summed E-state index contributed by atoms with van der Waals surface area (Å²) in [5, 5.41) is 1.44. The van der Waals surface area contributed by atoms with Crippen LogP contribution in [0, 0.1) is 0 Å². The van der Waals surface area contributed by atoms with Crippen LogP contribution < -0.4 is 0 Å². The molecule has 0 spiro atoms. The molecule has 1 rings (SSSR count). The van der Waals surface area contributed by atoms with Crippen molar-refractivity contribution in [2.45, 2.75) is 39.0 Å². The third-order valence-corrected chi connectivity index (χ3v) is 5.03. The van der Waals surface area contributed by atoms with E-state index in [1.807, 2.05) is 6.08 Å². The maximum absolute atomic E-state index is 3.33. The summed E-state index contributed by atoms with van der Waals surface area (Å²) in [7, 11) is 0.00772. The summed E-state index contributed by atoms with van der Waals surface area (Å²) in [5.41, 5.74) is 4.88. The average molecular weight is 180 g/mol. The molecule has 0 aromatic rings. The van der Waals surface area contributed by atoms with Crippen molar-refractivity contribution in [1.82, 2.24) is 0 Å². The van der Waals surface area contributed by atoms with E-state index in [1.165, 1.54) is 5.31 Å². The molecule has 1 heteroatoms. The Morgan fingerprint density at radius 2 is 1.75 bits per heavy atom. The second-order valence-corrected chi connectivity index (χ2v) is 7.01. The first-order valence-electron chi connectivity index (χ1n) is 4.54. The Labute approximate surface area is 76.8 Å². The summed E-state index contributed by atoms with van der Waals surface area (Å²) in [6, 6.07) is 0. The summed E-state index contributed by atoms with van der Waals surface area (Å²) in [4.78, 5) is 0. The number of allylic oxidation sites excluding steroid dienone is 3. The number of hydrogen-bond acceptors (Lipinski definition) is 0. The van der Waals surface area contributed by atoms with Crippen LogP contribution in [0.1, 0.15) is 27.7 Å². The van der Waals surface area contributed by atoms with Crippen LogP contribution in [0.2, 0.25) is 0 Å². The topological polar surface area (TPSA) is 0 Å². The lowest BCUT2D eigenvalue weighted by Gasteiger charge is -2.24. The van der Waals surface area contributed by atoms with Gasteiger partial charge in [-0.1, -0.05) is 41.7 Å². The molecule has 0 heterocycles. The molecule has 0 aliphatic heterocycles. The van der Waals surface area contributed by atoms with E-state index in [4.69, 9.17) is 0 Å². The van der Waals surface area contributed by atoms with E-state index >= 15 is 0 Å².